The van der Waals surface area contributed by atoms with Gasteiger partial charge < -0.3 is 9.84 Å². The van der Waals surface area contributed by atoms with Gasteiger partial charge in [0.05, 0.1) is 6.61 Å². The van der Waals surface area contributed by atoms with Crippen molar-refractivity contribution in [2.45, 2.75) is 25.9 Å². The zero-order valence-corrected chi connectivity index (χ0v) is 5.89. The number of ether oxygens (including phenoxy) is 1. The summed E-state index contributed by atoms with van der Waals surface area (Å²) in [6.07, 6.45) is -3.56. The highest BCUT2D eigenvalue weighted by Gasteiger charge is 2.15. The SMILES string of the molecule is CCCOCC(O)C(F)F. The molecule has 10 heavy (non-hydrogen) atoms. The molecule has 0 bridgehead atoms. The third-order valence-electron chi connectivity index (χ3n) is 0.928. The Hall–Kier alpha value is -0.220. The molecule has 0 fully saturated rings. The third kappa shape index (κ3) is 4.64. The Labute approximate surface area is 58.8 Å². The molecule has 0 saturated heterocycles. The van der Waals surface area contributed by atoms with Crippen molar-refractivity contribution in [2.75, 3.05) is 13.2 Å². The first-order valence-electron chi connectivity index (χ1n) is 3.22. The molecule has 0 aliphatic rings. The quantitative estimate of drug-likeness (QED) is 0.599. The molecule has 0 aromatic carbocycles. The summed E-state index contributed by atoms with van der Waals surface area (Å²) in [4.78, 5) is 0. The largest absolute Gasteiger partial charge is 0.385 e. The Kier molecular flexibility index (Phi) is 5.43. The highest BCUT2D eigenvalue weighted by molar-refractivity contribution is 4.54. The van der Waals surface area contributed by atoms with Crippen molar-refractivity contribution < 1.29 is 18.6 Å². The van der Waals surface area contributed by atoms with E-state index >= 15 is 0 Å². The predicted molar refractivity (Wildman–Crippen MR) is 33.1 cm³/mol. The van der Waals surface area contributed by atoms with Crippen molar-refractivity contribution in [2.24, 2.45) is 0 Å². The summed E-state index contributed by atoms with van der Waals surface area (Å²) in [7, 11) is 0. The molecule has 1 unspecified atom stereocenters. The summed E-state index contributed by atoms with van der Waals surface area (Å²) >= 11 is 0. The first-order valence-corrected chi connectivity index (χ1v) is 3.22. The van der Waals surface area contributed by atoms with Crippen molar-refractivity contribution in [1.82, 2.24) is 0 Å². The van der Waals surface area contributed by atoms with E-state index in [-0.39, 0.29) is 6.61 Å². The maximum absolute atomic E-state index is 11.5. The molecule has 1 N–H and O–H groups in total. The molecule has 0 radical (unpaired) electrons. The van der Waals surface area contributed by atoms with Crippen LogP contribution < -0.4 is 0 Å². The molecule has 0 aliphatic carbocycles. The van der Waals surface area contributed by atoms with E-state index in [4.69, 9.17) is 5.11 Å². The third-order valence-corrected chi connectivity index (χ3v) is 0.928. The van der Waals surface area contributed by atoms with Gasteiger partial charge in [0.1, 0.15) is 6.10 Å². The van der Waals surface area contributed by atoms with Gasteiger partial charge >= 0.3 is 0 Å². The lowest BCUT2D eigenvalue weighted by Crippen LogP contribution is -2.23. The van der Waals surface area contributed by atoms with Crippen LogP contribution in [0.5, 0.6) is 0 Å². The number of alkyl halides is 2. The molecule has 0 rings (SSSR count). The molecule has 0 amide bonds. The molecule has 2 nitrogen and oxygen atoms in total. The molecule has 62 valence electrons. The summed E-state index contributed by atoms with van der Waals surface area (Å²) in [5.74, 6) is 0. The minimum atomic E-state index is -2.70. The summed E-state index contributed by atoms with van der Waals surface area (Å²) in [6.45, 7) is 2.02. The lowest BCUT2D eigenvalue weighted by Gasteiger charge is -2.08. The van der Waals surface area contributed by atoms with E-state index in [9.17, 15) is 8.78 Å². The second-order valence-corrected chi connectivity index (χ2v) is 1.98. The maximum Gasteiger partial charge on any atom is 0.266 e. The minimum absolute atomic E-state index is 0.272. The zero-order chi connectivity index (χ0) is 7.98. The monoisotopic (exact) mass is 154 g/mol. The number of hydrogen-bond acceptors (Lipinski definition) is 2. The van der Waals surface area contributed by atoms with E-state index in [1.165, 1.54) is 0 Å². The van der Waals surface area contributed by atoms with Gasteiger partial charge in [-0.05, 0) is 6.42 Å². The Morgan fingerprint density at radius 3 is 2.50 bits per heavy atom. The molecular formula is C6H12F2O2. The van der Waals surface area contributed by atoms with E-state index < -0.39 is 12.5 Å². The van der Waals surface area contributed by atoms with Gasteiger partial charge in [-0.1, -0.05) is 6.92 Å². The molecule has 0 heterocycles. The lowest BCUT2D eigenvalue weighted by atomic mass is 10.4. The van der Waals surface area contributed by atoms with Crippen molar-refractivity contribution in [3.63, 3.8) is 0 Å². The molecule has 4 heteroatoms. The van der Waals surface area contributed by atoms with Crippen LogP contribution >= 0.6 is 0 Å². The van der Waals surface area contributed by atoms with Gasteiger partial charge in [0.25, 0.3) is 6.43 Å². The van der Waals surface area contributed by atoms with Gasteiger partial charge in [0.15, 0.2) is 0 Å². The van der Waals surface area contributed by atoms with Gasteiger partial charge in [-0.15, -0.1) is 0 Å². The second kappa shape index (κ2) is 5.56. The molecular weight excluding hydrogens is 142 g/mol. The van der Waals surface area contributed by atoms with Crippen molar-refractivity contribution in [3.05, 3.63) is 0 Å². The Morgan fingerprint density at radius 1 is 1.50 bits per heavy atom. The van der Waals surface area contributed by atoms with Crippen LogP contribution in [0.25, 0.3) is 0 Å². The second-order valence-electron chi connectivity index (χ2n) is 1.98. The van der Waals surface area contributed by atoms with Crippen LogP contribution in [0, 0.1) is 0 Å². The summed E-state index contributed by atoms with van der Waals surface area (Å²) in [5, 5.41) is 8.48. The standard InChI is InChI=1S/C6H12F2O2/c1-2-3-10-4-5(9)6(7)8/h5-6,9H,2-4H2,1H3. The minimum Gasteiger partial charge on any atom is -0.385 e. The molecule has 0 saturated carbocycles. The average molecular weight is 154 g/mol. The van der Waals surface area contributed by atoms with Crippen LogP contribution in [0.1, 0.15) is 13.3 Å². The first kappa shape index (κ1) is 9.78. The van der Waals surface area contributed by atoms with Crippen LogP contribution in [0.2, 0.25) is 0 Å². The Balaban J connectivity index is 3.13. The highest BCUT2D eigenvalue weighted by atomic mass is 19.3. The van der Waals surface area contributed by atoms with Gasteiger partial charge in [-0.25, -0.2) is 8.78 Å². The normalized spacial score (nSPS) is 14.1. The highest BCUT2D eigenvalue weighted by Crippen LogP contribution is 2.00. The fourth-order valence-electron chi connectivity index (χ4n) is 0.421. The Bertz CT molecular complexity index is 78.1. The summed E-state index contributed by atoms with van der Waals surface area (Å²) in [6, 6.07) is 0. The van der Waals surface area contributed by atoms with E-state index in [1.54, 1.807) is 0 Å². The number of aliphatic hydroxyl groups excluding tert-OH is 1. The molecule has 0 aliphatic heterocycles. The Morgan fingerprint density at radius 2 is 2.10 bits per heavy atom. The zero-order valence-electron chi connectivity index (χ0n) is 5.89. The fourth-order valence-corrected chi connectivity index (χ4v) is 0.421. The van der Waals surface area contributed by atoms with Crippen LogP contribution in [0.15, 0.2) is 0 Å². The smallest absolute Gasteiger partial charge is 0.266 e. The predicted octanol–water partition coefficient (Wildman–Crippen LogP) is 1.04. The van der Waals surface area contributed by atoms with Gasteiger partial charge in [-0.2, -0.15) is 0 Å². The van der Waals surface area contributed by atoms with E-state index in [1.807, 2.05) is 6.92 Å². The van der Waals surface area contributed by atoms with Crippen LogP contribution in [0.4, 0.5) is 8.78 Å². The first-order chi connectivity index (χ1) is 4.68. The van der Waals surface area contributed by atoms with Crippen molar-refractivity contribution in [1.29, 1.82) is 0 Å². The average Bonchev–Trinajstić information content (AvgIpc) is 1.88. The number of hydrogen-bond donors (Lipinski definition) is 1. The van der Waals surface area contributed by atoms with E-state index in [0.29, 0.717) is 6.61 Å². The summed E-state index contributed by atoms with van der Waals surface area (Å²) < 4.78 is 27.7. The molecule has 0 aromatic rings. The number of aliphatic hydroxyl groups is 1. The van der Waals surface area contributed by atoms with E-state index in [2.05, 4.69) is 4.74 Å². The van der Waals surface area contributed by atoms with Crippen LogP contribution in [-0.4, -0.2) is 30.8 Å². The topological polar surface area (TPSA) is 29.5 Å². The van der Waals surface area contributed by atoms with Gasteiger partial charge in [0.2, 0.25) is 0 Å². The van der Waals surface area contributed by atoms with Crippen molar-refractivity contribution in [3.8, 4) is 0 Å². The van der Waals surface area contributed by atoms with E-state index in [0.717, 1.165) is 6.42 Å². The van der Waals surface area contributed by atoms with Gasteiger partial charge in [0, 0.05) is 6.61 Å². The van der Waals surface area contributed by atoms with Crippen LogP contribution in [0.3, 0.4) is 0 Å². The number of halogens is 2. The summed E-state index contributed by atoms with van der Waals surface area (Å²) in [5.41, 5.74) is 0. The molecule has 1 atom stereocenters. The molecule has 0 spiro atoms. The number of rotatable bonds is 5. The lowest BCUT2D eigenvalue weighted by molar-refractivity contribution is -0.0542. The molecule has 0 aromatic heterocycles. The van der Waals surface area contributed by atoms with Crippen LogP contribution in [-0.2, 0) is 4.74 Å². The fraction of sp³-hybridized carbons (Fsp3) is 1.00. The van der Waals surface area contributed by atoms with Crippen molar-refractivity contribution >= 4 is 0 Å². The van der Waals surface area contributed by atoms with Gasteiger partial charge in [-0.3, -0.25) is 0 Å². The maximum atomic E-state index is 11.5.